The molecule has 0 spiro atoms. The van der Waals surface area contributed by atoms with Gasteiger partial charge in [0.15, 0.2) is 5.76 Å². The number of aromatic nitrogens is 1. The Balaban J connectivity index is 1.05. The van der Waals surface area contributed by atoms with Gasteiger partial charge in [-0.15, -0.1) is 0 Å². The van der Waals surface area contributed by atoms with Gasteiger partial charge in [0.2, 0.25) is 17.5 Å². The van der Waals surface area contributed by atoms with Crippen LogP contribution in [0.25, 0.3) is 11.7 Å². The van der Waals surface area contributed by atoms with E-state index < -0.39 is 0 Å². The molecule has 32 heavy (non-hydrogen) atoms. The molecule has 1 amide bonds. The van der Waals surface area contributed by atoms with Gasteiger partial charge in [-0.3, -0.25) is 9.69 Å². The molecule has 0 unspecified atom stereocenters. The van der Waals surface area contributed by atoms with Gasteiger partial charge in [-0.2, -0.15) is 10.2 Å². The topological polar surface area (TPSA) is 98.5 Å². The van der Waals surface area contributed by atoms with Gasteiger partial charge >= 0.3 is 0 Å². The van der Waals surface area contributed by atoms with E-state index in [2.05, 4.69) is 21.3 Å². The van der Waals surface area contributed by atoms with Gasteiger partial charge in [0.05, 0.1) is 12.8 Å². The summed E-state index contributed by atoms with van der Waals surface area (Å²) in [5, 5.41) is 13.0. The molecule has 5 fully saturated rings. The zero-order valence-electron chi connectivity index (χ0n) is 18.3. The molecule has 4 aliphatic carbocycles. The Morgan fingerprint density at radius 2 is 1.84 bits per heavy atom. The number of oxazole rings is 1. The Hall–Kier alpha value is -2.79. The van der Waals surface area contributed by atoms with Gasteiger partial charge in [-0.1, -0.05) is 0 Å². The molecule has 3 heterocycles. The maximum Gasteiger partial charge on any atom is 0.266 e. The van der Waals surface area contributed by atoms with E-state index in [-0.39, 0.29) is 17.1 Å². The van der Waals surface area contributed by atoms with Gasteiger partial charge in [0.1, 0.15) is 6.07 Å². The first-order valence-corrected chi connectivity index (χ1v) is 11.8. The van der Waals surface area contributed by atoms with E-state index in [0.29, 0.717) is 37.2 Å². The number of nitrogens with one attached hydrogen (secondary N) is 1. The lowest BCUT2D eigenvalue weighted by atomic mass is 9.53. The maximum absolute atomic E-state index is 12.9. The van der Waals surface area contributed by atoms with E-state index in [4.69, 9.17) is 8.83 Å². The number of nitriles is 1. The molecule has 2 aromatic rings. The summed E-state index contributed by atoms with van der Waals surface area (Å²) >= 11 is 0. The second-order valence-corrected chi connectivity index (χ2v) is 10.3. The van der Waals surface area contributed by atoms with Crippen LogP contribution in [-0.2, 0) is 4.79 Å². The van der Waals surface area contributed by atoms with Crippen LogP contribution in [0, 0.1) is 29.1 Å². The van der Waals surface area contributed by atoms with Crippen molar-refractivity contribution in [2.24, 2.45) is 17.8 Å². The van der Waals surface area contributed by atoms with E-state index in [9.17, 15) is 10.1 Å². The van der Waals surface area contributed by atoms with Gasteiger partial charge in [-0.25, -0.2) is 0 Å². The maximum atomic E-state index is 12.9. The zero-order valence-corrected chi connectivity index (χ0v) is 18.3. The molecule has 1 saturated heterocycles. The molecular weight excluding hydrogens is 406 g/mol. The first-order valence-electron chi connectivity index (χ1n) is 11.8. The first-order chi connectivity index (χ1) is 15.6. The van der Waals surface area contributed by atoms with Crippen molar-refractivity contribution in [3.8, 4) is 17.7 Å². The lowest BCUT2D eigenvalue weighted by Crippen LogP contribution is -2.61. The molecule has 8 nitrogen and oxygen atoms in total. The minimum Gasteiger partial charge on any atom is -0.459 e. The summed E-state index contributed by atoms with van der Waals surface area (Å²) in [4.78, 5) is 21.4. The lowest BCUT2D eigenvalue weighted by Gasteiger charge is -2.57. The van der Waals surface area contributed by atoms with E-state index in [1.807, 2.05) is 4.90 Å². The van der Waals surface area contributed by atoms with Crippen molar-refractivity contribution < 1.29 is 13.6 Å². The van der Waals surface area contributed by atoms with Crippen molar-refractivity contribution in [2.45, 2.75) is 44.1 Å². The second-order valence-electron chi connectivity index (χ2n) is 10.3. The molecular formula is C24H29N5O3. The zero-order chi connectivity index (χ0) is 21.7. The van der Waals surface area contributed by atoms with Crippen molar-refractivity contribution in [2.75, 3.05) is 37.6 Å². The number of carbonyl (C=O) groups excluding carboxylic acids is 1. The molecule has 8 heteroatoms. The number of rotatable bonds is 5. The molecule has 168 valence electrons. The van der Waals surface area contributed by atoms with Gasteiger partial charge in [0.25, 0.3) is 5.89 Å². The van der Waals surface area contributed by atoms with Crippen molar-refractivity contribution in [1.82, 2.24) is 15.2 Å². The average Bonchev–Trinajstić information content (AvgIpc) is 3.43. The van der Waals surface area contributed by atoms with Crippen molar-refractivity contribution >= 4 is 11.8 Å². The van der Waals surface area contributed by atoms with Crippen molar-refractivity contribution in [1.29, 1.82) is 5.26 Å². The van der Waals surface area contributed by atoms with Crippen LogP contribution in [0.5, 0.6) is 0 Å². The number of furan rings is 1. The Bertz CT molecular complexity index is 993. The number of carbonyl (C=O) groups is 1. The highest BCUT2D eigenvalue weighted by molar-refractivity contribution is 5.79. The highest BCUT2D eigenvalue weighted by Crippen LogP contribution is 2.55. The highest BCUT2D eigenvalue weighted by atomic mass is 16.4. The highest BCUT2D eigenvalue weighted by Gasteiger charge is 2.51. The minimum absolute atomic E-state index is 0.0669. The summed E-state index contributed by atoms with van der Waals surface area (Å²) in [7, 11) is 0. The number of hydrogen-bond donors (Lipinski definition) is 1. The van der Waals surface area contributed by atoms with Gasteiger partial charge in [-0.05, 0) is 68.4 Å². The molecule has 0 radical (unpaired) electrons. The lowest BCUT2D eigenvalue weighted by molar-refractivity contribution is -0.128. The Labute approximate surface area is 187 Å². The normalized spacial score (nSPS) is 31.6. The van der Waals surface area contributed by atoms with E-state index >= 15 is 0 Å². The molecule has 0 atom stereocenters. The third-order valence-corrected chi connectivity index (χ3v) is 7.92. The third-order valence-electron chi connectivity index (χ3n) is 7.92. The molecule has 7 rings (SSSR count). The number of hydrogen-bond acceptors (Lipinski definition) is 7. The fraction of sp³-hybridized carbons (Fsp3) is 0.625. The standard InChI is InChI=1S/C24H29N5O3/c25-14-19-23(32-22(26-19)20-2-1-7-31-20)29-5-3-28(4-6-29)15-21(30)27-24-11-16-8-17(12-24)10-18(9-16)13-24/h1-2,7,16-18H,3-6,8-13,15H2,(H,27,30). The molecule has 2 aromatic heterocycles. The number of amides is 1. The molecule has 4 bridgehead atoms. The van der Waals surface area contributed by atoms with Gasteiger partial charge in [0, 0.05) is 31.7 Å². The molecule has 1 aliphatic heterocycles. The summed E-state index contributed by atoms with van der Waals surface area (Å²) in [5.74, 6) is 3.95. The average molecular weight is 436 g/mol. The minimum atomic E-state index is 0.0669. The number of anilines is 1. The Morgan fingerprint density at radius 3 is 2.44 bits per heavy atom. The van der Waals surface area contributed by atoms with Crippen LogP contribution in [0.2, 0.25) is 0 Å². The summed E-state index contributed by atoms with van der Waals surface area (Å²) in [6.07, 6.45) is 9.23. The summed E-state index contributed by atoms with van der Waals surface area (Å²) in [6, 6.07) is 5.65. The predicted octanol–water partition coefficient (Wildman–Crippen LogP) is 3.01. The molecule has 5 aliphatic rings. The van der Waals surface area contributed by atoms with Crippen molar-refractivity contribution in [3.05, 3.63) is 24.1 Å². The Morgan fingerprint density at radius 1 is 1.16 bits per heavy atom. The van der Waals surface area contributed by atoms with Crippen LogP contribution in [-0.4, -0.2) is 54.1 Å². The van der Waals surface area contributed by atoms with Crippen LogP contribution >= 0.6 is 0 Å². The molecule has 0 aromatic carbocycles. The fourth-order valence-electron chi connectivity index (χ4n) is 7.02. The smallest absolute Gasteiger partial charge is 0.266 e. The molecule has 4 saturated carbocycles. The van der Waals surface area contributed by atoms with E-state index in [1.54, 1.807) is 18.4 Å². The summed E-state index contributed by atoms with van der Waals surface area (Å²) in [5.41, 5.74) is 0.335. The second kappa shape index (κ2) is 7.66. The van der Waals surface area contributed by atoms with E-state index in [1.165, 1.54) is 38.5 Å². The monoisotopic (exact) mass is 435 g/mol. The number of piperazine rings is 1. The Kier molecular flexibility index (Phi) is 4.76. The van der Waals surface area contributed by atoms with Crippen molar-refractivity contribution in [3.63, 3.8) is 0 Å². The van der Waals surface area contributed by atoms with Crippen LogP contribution in [0.3, 0.4) is 0 Å². The predicted molar refractivity (Wildman–Crippen MR) is 117 cm³/mol. The largest absolute Gasteiger partial charge is 0.459 e. The van der Waals surface area contributed by atoms with Crippen LogP contribution < -0.4 is 10.2 Å². The fourth-order valence-corrected chi connectivity index (χ4v) is 7.02. The van der Waals surface area contributed by atoms with Crippen LogP contribution in [0.4, 0.5) is 5.88 Å². The molecule has 1 N–H and O–H groups in total. The first kappa shape index (κ1) is 19.9. The van der Waals surface area contributed by atoms with Crippen LogP contribution in [0.1, 0.15) is 44.2 Å². The van der Waals surface area contributed by atoms with Crippen LogP contribution in [0.15, 0.2) is 27.2 Å². The quantitative estimate of drug-likeness (QED) is 0.771. The number of nitrogens with zero attached hydrogens (tertiary/aromatic N) is 4. The third kappa shape index (κ3) is 3.58. The van der Waals surface area contributed by atoms with E-state index in [0.717, 1.165) is 30.8 Å². The summed E-state index contributed by atoms with van der Waals surface area (Å²) in [6.45, 7) is 3.30. The SMILES string of the molecule is N#Cc1nc(-c2ccco2)oc1N1CCN(CC(=O)NC23CC4CC(CC(C4)C2)C3)CC1. The van der Waals surface area contributed by atoms with Gasteiger partial charge < -0.3 is 19.1 Å². The summed E-state index contributed by atoms with van der Waals surface area (Å²) < 4.78 is 11.2.